The van der Waals surface area contributed by atoms with Crippen molar-refractivity contribution in [1.29, 1.82) is 0 Å². The number of hydrazone groups is 1. The van der Waals surface area contributed by atoms with E-state index in [2.05, 4.69) is 44.5 Å². The standard InChI is InChI=1S/C26H31N5O2/c1-21-9-8-10-22(17-21)20-28-30-24-18-23(31-13-6-2-3-7-14-31)19-26(29-24)33-16-15-32-25-11-4-5-12-27-25/h4-5,8-12,17-20H,2-3,6-7,13-16H2,1H3,(H,29,30)/b28-20+. The molecule has 7 heteroatoms. The highest BCUT2D eigenvalue weighted by molar-refractivity contribution is 5.80. The largest absolute Gasteiger partial charge is 0.474 e. The van der Waals surface area contributed by atoms with E-state index in [1.165, 1.54) is 31.2 Å². The quantitative estimate of drug-likeness (QED) is 0.282. The van der Waals surface area contributed by atoms with Gasteiger partial charge in [0.2, 0.25) is 11.8 Å². The summed E-state index contributed by atoms with van der Waals surface area (Å²) in [6.45, 7) is 4.91. The van der Waals surface area contributed by atoms with Gasteiger partial charge in [0.1, 0.15) is 13.2 Å². The zero-order chi connectivity index (χ0) is 22.7. The first-order valence-electron chi connectivity index (χ1n) is 11.6. The second kappa shape index (κ2) is 11.9. The maximum Gasteiger partial charge on any atom is 0.217 e. The smallest absolute Gasteiger partial charge is 0.217 e. The van der Waals surface area contributed by atoms with E-state index in [1.54, 1.807) is 12.4 Å². The molecule has 0 unspecified atom stereocenters. The predicted octanol–water partition coefficient (Wildman–Crippen LogP) is 5.07. The van der Waals surface area contributed by atoms with Gasteiger partial charge in [-0.3, -0.25) is 5.43 Å². The number of benzene rings is 1. The summed E-state index contributed by atoms with van der Waals surface area (Å²) in [6.07, 6.45) is 8.46. The molecule has 1 aliphatic rings. The fourth-order valence-corrected chi connectivity index (χ4v) is 3.78. The van der Waals surface area contributed by atoms with Crippen LogP contribution in [0.2, 0.25) is 0 Å². The first-order chi connectivity index (χ1) is 16.3. The summed E-state index contributed by atoms with van der Waals surface area (Å²) in [5.74, 6) is 1.79. The zero-order valence-corrected chi connectivity index (χ0v) is 19.1. The van der Waals surface area contributed by atoms with Crippen LogP contribution in [-0.4, -0.2) is 42.5 Å². The molecule has 172 valence electrons. The van der Waals surface area contributed by atoms with Crippen LogP contribution < -0.4 is 19.8 Å². The molecule has 0 aliphatic carbocycles. The molecule has 0 radical (unpaired) electrons. The van der Waals surface area contributed by atoms with E-state index in [1.807, 2.05) is 42.5 Å². The van der Waals surface area contributed by atoms with Crippen LogP contribution in [0.15, 0.2) is 65.9 Å². The van der Waals surface area contributed by atoms with E-state index >= 15 is 0 Å². The first kappa shape index (κ1) is 22.6. The SMILES string of the molecule is Cc1cccc(/C=N/Nc2cc(N3CCCCCC3)cc(OCCOc3ccccn3)n2)c1. The van der Waals surface area contributed by atoms with Crippen molar-refractivity contribution in [2.45, 2.75) is 32.6 Å². The van der Waals surface area contributed by atoms with E-state index < -0.39 is 0 Å². The van der Waals surface area contributed by atoms with E-state index in [9.17, 15) is 0 Å². The van der Waals surface area contributed by atoms with Crippen molar-refractivity contribution in [2.75, 3.05) is 36.6 Å². The predicted molar refractivity (Wildman–Crippen MR) is 133 cm³/mol. The van der Waals surface area contributed by atoms with E-state index in [0.29, 0.717) is 30.8 Å². The minimum absolute atomic E-state index is 0.374. The second-order valence-electron chi connectivity index (χ2n) is 8.10. The Morgan fingerprint density at radius 3 is 2.52 bits per heavy atom. The van der Waals surface area contributed by atoms with Crippen molar-refractivity contribution < 1.29 is 9.47 Å². The molecule has 0 amide bonds. The molecule has 0 bridgehead atoms. The first-order valence-corrected chi connectivity index (χ1v) is 11.6. The molecule has 3 heterocycles. The van der Waals surface area contributed by atoms with Crippen molar-refractivity contribution in [3.63, 3.8) is 0 Å². The van der Waals surface area contributed by atoms with Crippen molar-refractivity contribution >= 4 is 17.7 Å². The van der Waals surface area contributed by atoms with Gasteiger partial charge >= 0.3 is 0 Å². The van der Waals surface area contributed by atoms with E-state index in [-0.39, 0.29) is 0 Å². The van der Waals surface area contributed by atoms with Gasteiger partial charge in [-0.25, -0.2) is 4.98 Å². The molecule has 0 saturated carbocycles. The number of rotatable bonds is 9. The molecule has 1 fully saturated rings. The lowest BCUT2D eigenvalue weighted by Crippen LogP contribution is -2.24. The number of anilines is 2. The van der Waals surface area contributed by atoms with Gasteiger partial charge in [-0.2, -0.15) is 10.1 Å². The average Bonchev–Trinajstić information content (AvgIpc) is 3.12. The molecule has 0 atom stereocenters. The van der Waals surface area contributed by atoms with Crippen LogP contribution in [0.1, 0.15) is 36.8 Å². The van der Waals surface area contributed by atoms with E-state index in [0.717, 1.165) is 24.3 Å². The molecular weight excluding hydrogens is 414 g/mol. The lowest BCUT2D eigenvalue weighted by Gasteiger charge is -2.23. The summed E-state index contributed by atoms with van der Waals surface area (Å²) in [6, 6.07) is 17.8. The molecule has 3 aromatic rings. The molecule has 2 aromatic heterocycles. The van der Waals surface area contributed by atoms with Crippen LogP contribution >= 0.6 is 0 Å². The molecule has 1 N–H and O–H groups in total. The van der Waals surface area contributed by atoms with Gasteiger partial charge in [0, 0.05) is 43.2 Å². The highest BCUT2D eigenvalue weighted by Gasteiger charge is 2.13. The topological polar surface area (TPSA) is 71.9 Å². The highest BCUT2D eigenvalue weighted by Crippen LogP contribution is 2.26. The molecule has 33 heavy (non-hydrogen) atoms. The molecule has 1 aliphatic heterocycles. The highest BCUT2D eigenvalue weighted by atomic mass is 16.5. The van der Waals surface area contributed by atoms with Gasteiger partial charge < -0.3 is 14.4 Å². The van der Waals surface area contributed by atoms with Gasteiger partial charge in [-0.05, 0) is 31.4 Å². The van der Waals surface area contributed by atoms with Gasteiger partial charge in [0.05, 0.1) is 6.21 Å². The molecule has 7 nitrogen and oxygen atoms in total. The van der Waals surface area contributed by atoms with Gasteiger partial charge in [-0.1, -0.05) is 48.7 Å². The molecular formula is C26H31N5O2. The number of hydrogen-bond acceptors (Lipinski definition) is 7. The fourth-order valence-electron chi connectivity index (χ4n) is 3.78. The van der Waals surface area contributed by atoms with Crippen molar-refractivity contribution in [3.05, 3.63) is 71.9 Å². The Bertz CT molecular complexity index is 1030. The van der Waals surface area contributed by atoms with Crippen molar-refractivity contribution in [3.8, 4) is 11.8 Å². The van der Waals surface area contributed by atoms with E-state index in [4.69, 9.17) is 9.47 Å². The number of aryl methyl sites for hydroxylation is 1. The minimum Gasteiger partial charge on any atom is -0.474 e. The summed E-state index contributed by atoms with van der Waals surface area (Å²) in [4.78, 5) is 11.2. The number of nitrogens with one attached hydrogen (secondary N) is 1. The lowest BCUT2D eigenvalue weighted by molar-refractivity contribution is 0.207. The third-order valence-corrected chi connectivity index (χ3v) is 5.41. The number of hydrogen-bond donors (Lipinski definition) is 1. The summed E-state index contributed by atoms with van der Waals surface area (Å²) in [5.41, 5.74) is 6.41. The third kappa shape index (κ3) is 7.20. The second-order valence-corrected chi connectivity index (χ2v) is 8.10. The molecule has 0 spiro atoms. The van der Waals surface area contributed by atoms with Crippen LogP contribution in [0.4, 0.5) is 11.5 Å². The molecule has 1 aromatic carbocycles. The Kier molecular flexibility index (Phi) is 8.11. The summed E-state index contributed by atoms with van der Waals surface area (Å²) in [7, 11) is 0. The van der Waals surface area contributed by atoms with Crippen molar-refractivity contribution in [1.82, 2.24) is 9.97 Å². The van der Waals surface area contributed by atoms with Crippen LogP contribution in [0.5, 0.6) is 11.8 Å². The summed E-state index contributed by atoms with van der Waals surface area (Å²) >= 11 is 0. The Hall–Kier alpha value is -3.61. The maximum atomic E-state index is 5.93. The Balaban J connectivity index is 1.43. The van der Waals surface area contributed by atoms with Gasteiger partial charge in [0.15, 0.2) is 5.82 Å². The van der Waals surface area contributed by atoms with Crippen LogP contribution in [0, 0.1) is 6.92 Å². The monoisotopic (exact) mass is 445 g/mol. The van der Waals surface area contributed by atoms with Crippen LogP contribution in [0.25, 0.3) is 0 Å². The van der Waals surface area contributed by atoms with Crippen molar-refractivity contribution in [2.24, 2.45) is 5.10 Å². The van der Waals surface area contributed by atoms with Crippen LogP contribution in [0.3, 0.4) is 0 Å². The Morgan fingerprint density at radius 2 is 1.76 bits per heavy atom. The Labute approximate surface area is 195 Å². The summed E-state index contributed by atoms with van der Waals surface area (Å²) < 4.78 is 11.6. The van der Waals surface area contributed by atoms with Gasteiger partial charge in [-0.15, -0.1) is 0 Å². The maximum absolute atomic E-state index is 5.93. The zero-order valence-electron chi connectivity index (χ0n) is 19.1. The number of pyridine rings is 2. The molecule has 1 saturated heterocycles. The normalized spacial score (nSPS) is 14.2. The summed E-state index contributed by atoms with van der Waals surface area (Å²) in [5, 5.41) is 4.39. The van der Waals surface area contributed by atoms with Gasteiger partial charge in [0.25, 0.3) is 0 Å². The number of nitrogens with zero attached hydrogens (tertiary/aromatic N) is 4. The molecule has 4 rings (SSSR count). The Morgan fingerprint density at radius 1 is 0.939 bits per heavy atom. The third-order valence-electron chi connectivity index (χ3n) is 5.41. The average molecular weight is 446 g/mol. The number of aromatic nitrogens is 2. The lowest BCUT2D eigenvalue weighted by atomic mass is 10.2. The number of ether oxygens (including phenoxy) is 2. The fraction of sp³-hybridized carbons (Fsp3) is 0.346. The van der Waals surface area contributed by atoms with Crippen LogP contribution in [-0.2, 0) is 0 Å². The minimum atomic E-state index is 0.374.